The number of hydrogen-bond donors (Lipinski definition) is 1. The van der Waals surface area contributed by atoms with Crippen molar-refractivity contribution in [3.8, 4) is 17.2 Å². The Labute approximate surface area is 217 Å². The summed E-state index contributed by atoms with van der Waals surface area (Å²) in [4.78, 5) is 12.7. The largest absolute Gasteiger partial charge is 0.490 e. The van der Waals surface area contributed by atoms with Crippen LogP contribution in [0.15, 0.2) is 71.4 Å². The lowest BCUT2D eigenvalue weighted by Gasteiger charge is -2.12. The summed E-state index contributed by atoms with van der Waals surface area (Å²) in [6.07, 6.45) is 3.37. The van der Waals surface area contributed by atoms with Gasteiger partial charge in [-0.1, -0.05) is 32.0 Å². The topological polar surface area (TPSA) is 87.8 Å². The van der Waals surface area contributed by atoms with E-state index in [1.54, 1.807) is 29.2 Å². The zero-order valence-corrected chi connectivity index (χ0v) is 21.7. The predicted octanol–water partition coefficient (Wildman–Crippen LogP) is 6.28. The maximum absolute atomic E-state index is 12.7. The van der Waals surface area contributed by atoms with Crippen LogP contribution in [-0.2, 0) is 13.2 Å². The van der Waals surface area contributed by atoms with E-state index in [0.717, 1.165) is 11.3 Å². The van der Waals surface area contributed by atoms with Gasteiger partial charge in [0.15, 0.2) is 17.3 Å². The first-order chi connectivity index (χ1) is 17.9. The summed E-state index contributed by atoms with van der Waals surface area (Å²) in [5.74, 6) is 3.05. The lowest BCUT2D eigenvalue weighted by molar-refractivity contribution is 0.0992. The Morgan fingerprint density at radius 2 is 1.73 bits per heavy atom. The van der Waals surface area contributed by atoms with Crippen LogP contribution >= 0.6 is 0 Å². The SMILES string of the molecule is CCOc1ccc(Cn2cc(NC(=O)c3ccc(COc4ccc(C(C)C)cc4)o3)cn2)cc1OCC. The molecule has 0 atom stereocenters. The Hall–Kier alpha value is -4.20. The van der Waals surface area contributed by atoms with Crippen LogP contribution in [0.1, 0.15) is 61.1 Å². The number of benzene rings is 2. The van der Waals surface area contributed by atoms with Crippen molar-refractivity contribution < 1.29 is 23.4 Å². The third kappa shape index (κ3) is 6.94. The van der Waals surface area contributed by atoms with E-state index < -0.39 is 0 Å². The maximum atomic E-state index is 12.7. The second kappa shape index (κ2) is 12.2. The Balaban J connectivity index is 1.32. The monoisotopic (exact) mass is 503 g/mol. The van der Waals surface area contributed by atoms with Crippen molar-refractivity contribution in [2.45, 2.75) is 46.8 Å². The van der Waals surface area contributed by atoms with Crippen molar-refractivity contribution in [2.24, 2.45) is 0 Å². The van der Waals surface area contributed by atoms with Crippen LogP contribution in [0.25, 0.3) is 0 Å². The molecule has 0 aliphatic carbocycles. The zero-order valence-electron chi connectivity index (χ0n) is 21.7. The fraction of sp³-hybridized carbons (Fsp3) is 0.310. The Morgan fingerprint density at radius 1 is 0.973 bits per heavy atom. The summed E-state index contributed by atoms with van der Waals surface area (Å²) < 4.78 is 24.5. The van der Waals surface area contributed by atoms with Gasteiger partial charge in [0, 0.05) is 6.20 Å². The molecule has 0 unspecified atom stereocenters. The molecule has 4 aromatic rings. The van der Waals surface area contributed by atoms with Gasteiger partial charge in [-0.15, -0.1) is 0 Å². The number of nitrogens with one attached hydrogen (secondary N) is 1. The van der Waals surface area contributed by atoms with E-state index in [9.17, 15) is 4.79 Å². The first-order valence-corrected chi connectivity index (χ1v) is 12.5. The number of furan rings is 1. The highest BCUT2D eigenvalue weighted by atomic mass is 16.5. The number of rotatable bonds is 12. The van der Waals surface area contributed by atoms with Crippen LogP contribution in [0, 0.1) is 0 Å². The summed E-state index contributed by atoms with van der Waals surface area (Å²) in [6.45, 7) is 10.0. The van der Waals surface area contributed by atoms with E-state index in [-0.39, 0.29) is 18.3 Å². The summed E-state index contributed by atoms with van der Waals surface area (Å²) in [5, 5.41) is 7.18. The first-order valence-electron chi connectivity index (χ1n) is 12.5. The molecule has 194 valence electrons. The van der Waals surface area contributed by atoms with Crippen LogP contribution in [0.2, 0.25) is 0 Å². The van der Waals surface area contributed by atoms with Gasteiger partial charge in [0.1, 0.15) is 18.1 Å². The lowest BCUT2D eigenvalue weighted by Crippen LogP contribution is -2.10. The van der Waals surface area contributed by atoms with Gasteiger partial charge in [0.25, 0.3) is 5.91 Å². The Morgan fingerprint density at radius 3 is 2.46 bits per heavy atom. The third-order valence-electron chi connectivity index (χ3n) is 5.66. The molecule has 0 saturated heterocycles. The smallest absolute Gasteiger partial charge is 0.291 e. The van der Waals surface area contributed by atoms with Crippen molar-refractivity contribution in [2.75, 3.05) is 18.5 Å². The lowest BCUT2D eigenvalue weighted by atomic mass is 10.0. The van der Waals surface area contributed by atoms with Gasteiger partial charge in [0.05, 0.1) is 31.6 Å². The van der Waals surface area contributed by atoms with E-state index in [0.29, 0.717) is 48.6 Å². The second-order valence-electron chi connectivity index (χ2n) is 8.81. The highest BCUT2D eigenvalue weighted by Gasteiger charge is 2.14. The van der Waals surface area contributed by atoms with Crippen molar-refractivity contribution in [1.29, 1.82) is 0 Å². The van der Waals surface area contributed by atoms with Gasteiger partial charge in [-0.3, -0.25) is 9.48 Å². The van der Waals surface area contributed by atoms with Gasteiger partial charge in [0.2, 0.25) is 0 Å². The van der Waals surface area contributed by atoms with Crippen molar-refractivity contribution in [3.05, 3.63) is 89.6 Å². The minimum atomic E-state index is -0.355. The Bertz CT molecular complexity index is 1310. The normalized spacial score (nSPS) is 10.9. The molecule has 1 amide bonds. The van der Waals surface area contributed by atoms with E-state index in [1.165, 1.54) is 5.56 Å². The third-order valence-corrected chi connectivity index (χ3v) is 5.66. The van der Waals surface area contributed by atoms with E-state index >= 15 is 0 Å². The van der Waals surface area contributed by atoms with Gasteiger partial charge in [-0.2, -0.15) is 5.10 Å². The molecule has 2 aromatic carbocycles. The fourth-order valence-electron chi connectivity index (χ4n) is 3.77. The molecular formula is C29H33N3O5. The molecule has 8 heteroatoms. The molecular weight excluding hydrogens is 470 g/mol. The van der Waals surface area contributed by atoms with Crippen LogP contribution in [0.5, 0.6) is 17.2 Å². The molecule has 0 aliphatic heterocycles. The van der Waals surface area contributed by atoms with E-state index in [4.69, 9.17) is 18.6 Å². The number of amides is 1. The number of aromatic nitrogens is 2. The average molecular weight is 504 g/mol. The molecule has 2 aromatic heterocycles. The predicted molar refractivity (Wildman–Crippen MR) is 142 cm³/mol. The van der Waals surface area contributed by atoms with Gasteiger partial charge in [-0.05, 0) is 67.3 Å². The molecule has 1 N–H and O–H groups in total. The minimum Gasteiger partial charge on any atom is -0.490 e. The standard InChI is InChI=1S/C29H33N3O5/c1-5-34-26-13-7-21(15-28(26)35-6-2)17-32-18-23(16-30-32)31-29(33)27-14-12-25(37-27)19-36-24-10-8-22(9-11-24)20(3)4/h7-16,18,20H,5-6,17,19H2,1-4H3,(H,31,33). The van der Waals surface area contributed by atoms with Crippen LogP contribution in [0.3, 0.4) is 0 Å². The summed E-state index contributed by atoms with van der Waals surface area (Å²) >= 11 is 0. The molecule has 0 radical (unpaired) electrons. The van der Waals surface area contributed by atoms with Crippen molar-refractivity contribution in [1.82, 2.24) is 9.78 Å². The summed E-state index contributed by atoms with van der Waals surface area (Å²) in [5.41, 5.74) is 2.82. The molecule has 0 fully saturated rings. The molecule has 4 rings (SSSR count). The molecule has 0 saturated carbocycles. The van der Waals surface area contributed by atoms with Gasteiger partial charge >= 0.3 is 0 Å². The molecule has 8 nitrogen and oxygen atoms in total. The van der Waals surface area contributed by atoms with Gasteiger partial charge in [-0.25, -0.2) is 0 Å². The average Bonchev–Trinajstić information content (AvgIpc) is 3.54. The number of carbonyl (C=O) groups excluding carboxylic acids is 1. The second-order valence-corrected chi connectivity index (χ2v) is 8.81. The van der Waals surface area contributed by atoms with Crippen LogP contribution in [-0.4, -0.2) is 28.9 Å². The maximum Gasteiger partial charge on any atom is 0.291 e. The van der Waals surface area contributed by atoms with Gasteiger partial charge < -0.3 is 23.9 Å². The van der Waals surface area contributed by atoms with Crippen molar-refractivity contribution >= 4 is 11.6 Å². The number of anilines is 1. The molecule has 0 spiro atoms. The highest BCUT2D eigenvalue weighted by Crippen LogP contribution is 2.29. The molecule has 2 heterocycles. The van der Waals surface area contributed by atoms with Crippen LogP contribution < -0.4 is 19.5 Å². The Kier molecular flexibility index (Phi) is 8.51. The van der Waals surface area contributed by atoms with E-state index in [1.807, 2.05) is 44.2 Å². The molecule has 0 aliphatic rings. The van der Waals surface area contributed by atoms with Crippen molar-refractivity contribution in [3.63, 3.8) is 0 Å². The zero-order chi connectivity index (χ0) is 26.2. The minimum absolute atomic E-state index is 0.203. The molecule has 37 heavy (non-hydrogen) atoms. The number of nitrogens with zero attached hydrogens (tertiary/aromatic N) is 2. The fourth-order valence-corrected chi connectivity index (χ4v) is 3.77. The summed E-state index contributed by atoms with van der Waals surface area (Å²) in [7, 11) is 0. The highest BCUT2D eigenvalue weighted by molar-refractivity contribution is 6.02. The quantitative estimate of drug-likeness (QED) is 0.245. The number of hydrogen-bond acceptors (Lipinski definition) is 6. The number of carbonyl (C=O) groups is 1. The molecule has 0 bridgehead atoms. The number of ether oxygens (including phenoxy) is 3. The van der Waals surface area contributed by atoms with Crippen LogP contribution in [0.4, 0.5) is 5.69 Å². The summed E-state index contributed by atoms with van der Waals surface area (Å²) in [6, 6.07) is 17.2. The van der Waals surface area contributed by atoms with E-state index in [2.05, 4.69) is 36.4 Å². The first kappa shape index (κ1) is 25.9.